The molecule has 5 rings (SSSR count). The number of nitro benzene ring substituents is 1. The van der Waals surface area contributed by atoms with Crippen molar-refractivity contribution < 1.29 is 19.3 Å². The van der Waals surface area contributed by atoms with Crippen LogP contribution in [0.4, 0.5) is 16.5 Å². The van der Waals surface area contributed by atoms with Crippen LogP contribution in [-0.4, -0.2) is 32.9 Å². The van der Waals surface area contributed by atoms with Gasteiger partial charge in [0.15, 0.2) is 5.13 Å². The number of carbonyl (C=O) groups excluding carboxylic acids is 3. The highest BCUT2D eigenvalue weighted by Gasteiger charge is 2.21. The summed E-state index contributed by atoms with van der Waals surface area (Å²) in [6, 6.07) is 29.2. The smallest absolute Gasteiger partial charge is 0.276 e. The van der Waals surface area contributed by atoms with E-state index in [9.17, 15) is 24.5 Å². The molecule has 1 unspecified atom stereocenters. The van der Waals surface area contributed by atoms with E-state index in [2.05, 4.69) is 20.9 Å². The van der Waals surface area contributed by atoms with Gasteiger partial charge in [-0.15, -0.1) is 23.1 Å². The molecule has 1 atom stereocenters. The van der Waals surface area contributed by atoms with Gasteiger partial charge in [0.25, 0.3) is 17.5 Å². The third kappa shape index (κ3) is 8.81. The molecule has 0 aliphatic rings. The van der Waals surface area contributed by atoms with E-state index in [0.717, 1.165) is 21.7 Å². The molecule has 0 spiro atoms. The maximum atomic E-state index is 13.5. The predicted molar refractivity (Wildman–Crippen MR) is 191 cm³/mol. The maximum absolute atomic E-state index is 13.5. The fourth-order valence-electron chi connectivity index (χ4n) is 4.58. The summed E-state index contributed by atoms with van der Waals surface area (Å²) in [5, 5.41) is 21.9. The minimum atomic E-state index is -0.683. The van der Waals surface area contributed by atoms with Crippen molar-refractivity contribution >= 4 is 63.4 Å². The quantitative estimate of drug-likeness (QED) is 0.0526. The van der Waals surface area contributed by atoms with Crippen molar-refractivity contribution in [3.63, 3.8) is 0 Å². The largest absolute Gasteiger partial charge is 0.321 e. The zero-order valence-corrected chi connectivity index (χ0v) is 27.6. The highest BCUT2D eigenvalue weighted by Crippen LogP contribution is 2.30. The molecule has 3 amide bonds. The Morgan fingerprint density at radius 1 is 0.938 bits per heavy atom. The standard InChI is InChI=1S/C36H31N5O5S2/c1-3-32(35(44)40-36-39-30(22-47-36)24-18-16-23(2)17-19-24)48-28-14-9-13-27(21-28)37-34(43)29(38-33(42)25-10-5-4-6-11-25)20-26-12-7-8-15-31(26)41(45)46/h4-22,32H,3H2,1-2H3,(H,37,43)(H,38,42)(H,39,40,44)/b29-20+. The second-order valence-corrected chi connectivity index (χ2v) is 12.7. The SMILES string of the molecule is CCC(Sc1cccc(NC(=O)/C(=C\c2ccccc2[N+](=O)[O-])NC(=O)c2ccccc2)c1)C(=O)Nc1nc(-c2ccc(C)cc2)cs1. The molecule has 0 bridgehead atoms. The number of aromatic nitrogens is 1. The highest BCUT2D eigenvalue weighted by atomic mass is 32.2. The Kier molecular flexibility index (Phi) is 11.1. The molecule has 1 aromatic heterocycles. The fourth-order valence-corrected chi connectivity index (χ4v) is 6.32. The van der Waals surface area contributed by atoms with Gasteiger partial charge in [-0.1, -0.05) is 73.2 Å². The number of thiazole rings is 1. The molecule has 0 fully saturated rings. The summed E-state index contributed by atoms with van der Waals surface area (Å²) in [5.74, 6) is -1.43. The second kappa shape index (κ2) is 15.8. The number of hydrogen-bond acceptors (Lipinski definition) is 8. The molecule has 10 nitrogen and oxygen atoms in total. The van der Waals surface area contributed by atoms with Crippen molar-refractivity contribution in [1.82, 2.24) is 10.3 Å². The van der Waals surface area contributed by atoms with E-state index >= 15 is 0 Å². The topological polar surface area (TPSA) is 143 Å². The number of aryl methyl sites for hydroxylation is 1. The highest BCUT2D eigenvalue weighted by molar-refractivity contribution is 8.00. The van der Waals surface area contributed by atoms with Gasteiger partial charge in [0, 0.05) is 33.2 Å². The molecule has 0 saturated heterocycles. The number of hydrogen-bond donors (Lipinski definition) is 3. The van der Waals surface area contributed by atoms with E-state index in [4.69, 9.17) is 0 Å². The molecule has 1 heterocycles. The normalized spacial score (nSPS) is 11.8. The molecule has 12 heteroatoms. The van der Waals surface area contributed by atoms with Crippen molar-refractivity contribution in [2.45, 2.75) is 30.4 Å². The van der Waals surface area contributed by atoms with E-state index < -0.39 is 22.0 Å². The van der Waals surface area contributed by atoms with Crippen LogP contribution in [0.1, 0.15) is 34.8 Å². The number of anilines is 2. The Bertz CT molecular complexity index is 1980. The first-order chi connectivity index (χ1) is 23.2. The molecular weight excluding hydrogens is 647 g/mol. The van der Waals surface area contributed by atoms with E-state index in [1.54, 1.807) is 54.6 Å². The van der Waals surface area contributed by atoms with Crippen LogP contribution in [0, 0.1) is 17.0 Å². The Labute approximate surface area is 285 Å². The number of thioether (sulfide) groups is 1. The van der Waals surface area contributed by atoms with E-state index in [1.807, 2.05) is 49.6 Å². The third-order valence-electron chi connectivity index (χ3n) is 7.08. The molecule has 0 aliphatic heterocycles. The van der Waals surface area contributed by atoms with Crippen LogP contribution in [0.3, 0.4) is 0 Å². The van der Waals surface area contributed by atoms with E-state index in [-0.39, 0.29) is 22.9 Å². The lowest BCUT2D eigenvalue weighted by atomic mass is 10.1. The molecule has 242 valence electrons. The van der Waals surface area contributed by atoms with Crippen molar-refractivity contribution in [3.05, 3.63) is 141 Å². The molecule has 5 aromatic rings. The van der Waals surface area contributed by atoms with Gasteiger partial charge in [0.1, 0.15) is 5.70 Å². The number of nitrogens with one attached hydrogen (secondary N) is 3. The Morgan fingerprint density at radius 3 is 2.40 bits per heavy atom. The Hall–Kier alpha value is -5.59. The molecule has 4 aromatic carbocycles. The first-order valence-corrected chi connectivity index (χ1v) is 16.7. The minimum absolute atomic E-state index is 0.147. The van der Waals surface area contributed by atoms with Crippen LogP contribution < -0.4 is 16.0 Å². The molecule has 0 radical (unpaired) electrons. The number of rotatable bonds is 12. The molecule has 0 saturated carbocycles. The van der Waals surface area contributed by atoms with Crippen molar-refractivity contribution in [2.24, 2.45) is 0 Å². The van der Waals surface area contributed by atoms with Gasteiger partial charge >= 0.3 is 0 Å². The number of carbonyl (C=O) groups is 3. The lowest BCUT2D eigenvalue weighted by Gasteiger charge is -2.15. The summed E-state index contributed by atoms with van der Waals surface area (Å²) in [4.78, 5) is 56.2. The van der Waals surface area contributed by atoms with Gasteiger partial charge in [-0.2, -0.15) is 0 Å². The predicted octanol–water partition coefficient (Wildman–Crippen LogP) is 7.95. The lowest BCUT2D eigenvalue weighted by Crippen LogP contribution is -2.30. The second-order valence-electron chi connectivity index (χ2n) is 10.6. The first-order valence-electron chi connectivity index (χ1n) is 14.9. The van der Waals surface area contributed by atoms with Crippen LogP contribution >= 0.6 is 23.1 Å². The lowest BCUT2D eigenvalue weighted by molar-refractivity contribution is -0.385. The van der Waals surface area contributed by atoms with Gasteiger partial charge in [-0.25, -0.2) is 4.98 Å². The van der Waals surface area contributed by atoms with Crippen molar-refractivity contribution in [1.29, 1.82) is 0 Å². The van der Waals surface area contributed by atoms with Gasteiger partial charge in [0.05, 0.1) is 21.4 Å². The van der Waals surface area contributed by atoms with E-state index in [1.165, 1.54) is 47.4 Å². The van der Waals surface area contributed by atoms with Gasteiger partial charge in [-0.3, -0.25) is 24.5 Å². The number of nitro groups is 1. The molecule has 0 aliphatic carbocycles. The van der Waals surface area contributed by atoms with Crippen molar-refractivity contribution in [2.75, 3.05) is 10.6 Å². The minimum Gasteiger partial charge on any atom is -0.321 e. The zero-order valence-electron chi connectivity index (χ0n) is 26.0. The number of amides is 3. The number of para-hydroxylation sites is 1. The van der Waals surface area contributed by atoms with Crippen LogP contribution in [0.2, 0.25) is 0 Å². The summed E-state index contributed by atoms with van der Waals surface area (Å²) in [7, 11) is 0. The summed E-state index contributed by atoms with van der Waals surface area (Å²) >= 11 is 2.70. The first kappa shape index (κ1) is 33.8. The average molecular weight is 678 g/mol. The monoisotopic (exact) mass is 677 g/mol. The van der Waals surface area contributed by atoms with Crippen LogP contribution in [0.25, 0.3) is 17.3 Å². The Balaban J connectivity index is 1.30. The number of benzene rings is 4. The van der Waals surface area contributed by atoms with Crippen molar-refractivity contribution in [3.8, 4) is 11.3 Å². The average Bonchev–Trinajstić information content (AvgIpc) is 3.56. The third-order valence-corrected chi connectivity index (χ3v) is 9.19. The molecular formula is C36H31N5O5S2. The van der Waals surface area contributed by atoms with E-state index in [0.29, 0.717) is 22.8 Å². The summed E-state index contributed by atoms with van der Waals surface area (Å²) in [6.45, 7) is 3.93. The fraction of sp³-hybridized carbons (Fsp3) is 0.111. The summed E-state index contributed by atoms with van der Waals surface area (Å²) < 4.78 is 0. The maximum Gasteiger partial charge on any atom is 0.276 e. The van der Waals surface area contributed by atoms with Crippen LogP contribution in [-0.2, 0) is 9.59 Å². The molecule has 48 heavy (non-hydrogen) atoms. The van der Waals surface area contributed by atoms with Gasteiger partial charge < -0.3 is 16.0 Å². The van der Waals surface area contributed by atoms with Gasteiger partial charge in [-0.05, 0) is 55.8 Å². The Morgan fingerprint density at radius 2 is 1.67 bits per heavy atom. The summed E-state index contributed by atoms with van der Waals surface area (Å²) in [5.41, 5.74) is 3.37. The van der Waals surface area contributed by atoms with Crippen LogP contribution in [0.5, 0.6) is 0 Å². The number of nitrogens with zero attached hydrogens (tertiary/aromatic N) is 2. The van der Waals surface area contributed by atoms with Crippen LogP contribution in [0.15, 0.2) is 119 Å². The van der Waals surface area contributed by atoms with Gasteiger partial charge in [0.2, 0.25) is 5.91 Å². The molecule has 3 N–H and O–H groups in total. The summed E-state index contributed by atoms with van der Waals surface area (Å²) in [6.07, 6.45) is 1.81. The zero-order chi connectivity index (χ0) is 34.0.